The fourth-order valence-electron chi connectivity index (χ4n) is 2.13. The van der Waals surface area contributed by atoms with Crippen molar-refractivity contribution < 1.29 is 23.9 Å². The third-order valence-corrected chi connectivity index (χ3v) is 3.64. The van der Waals surface area contributed by atoms with Crippen molar-refractivity contribution in [3.05, 3.63) is 28.5 Å². The monoisotopic (exact) mass is 325 g/mol. The Morgan fingerprint density at radius 1 is 1.32 bits per heavy atom. The maximum atomic E-state index is 11.0. The zero-order valence-electron chi connectivity index (χ0n) is 12.6. The van der Waals surface area contributed by atoms with E-state index < -0.39 is 5.97 Å². The lowest BCUT2D eigenvalue weighted by molar-refractivity contribution is 0.0652. The minimum absolute atomic E-state index is 0.136. The number of carboxylic acid groups (broad SMARTS) is 1. The number of carbonyl (C=O) groups is 1. The minimum Gasteiger partial charge on any atom is -0.493 e. The highest BCUT2D eigenvalue weighted by atomic mass is 35.5. The van der Waals surface area contributed by atoms with Gasteiger partial charge in [-0.2, -0.15) is 0 Å². The van der Waals surface area contributed by atoms with Crippen LogP contribution < -0.4 is 9.47 Å². The van der Waals surface area contributed by atoms with E-state index in [4.69, 9.17) is 30.7 Å². The fourth-order valence-corrected chi connectivity index (χ4v) is 2.59. The zero-order valence-corrected chi connectivity index (χ0v) is 13.4. The first kappa shape index (κ1) is 16.2. The predicted octanol–water partition coefficient (Wildman–Crippen LogP) is 3.83. The van der Waals surface area contributed by atoms with Gasteiger partial charge in [-0.05, 0) is 17.5 Å². The fraction of sp³-hybridized carbons (Fsp3) is 0.333. The number of rotatable bonds is 5. The molecule has 0 atom stereocenters. The van der Waals surface area contributed by atoms with Gasteiger partial charge < -0.3 is 19.1 Å². The molecule has 0 saturated heterocycles. The van der Waals surface area contributed by atoms with Gasteiger partial charge in [-0.1, -0.05) is 30.6 Å². The maximum absolute atomic E-state index is 11.0. The molecule has 0 unspecified atom stereocenters. The van der Waals surface area contributed by atoms with E-state index in [1.165, 1.54) is 20.3 Å². The van der Waals surface area contributed by atoms with Crippen molar-refractivity contribution in [2.75, 3.05) is 14.2 Å². The largest absolute Gasteiger partial charge is 0.493 e. The number of methoxy groups -OCH3 is 2. The Balaban J connectivity index is 2.75. The lowest BCUT2D eigenvalue weighted by atomic mass is 9.97. The molecule has 0 aliphatic rings. The van der Waals surface area contributed by atoms with Crippen molar-refractivity contribution in [1.82, 2.24) is 5.16 Å². The number of hydrogen-bond acceptors (Lipinski definition) is 5. The van der Waals surface area contributed by atoms with Crippen LogP contribution in [0.5, 0.6) is 11.5 Å². The first-order valence-corrected chi connectivity index (χ1v) is 6.93. The van der Waals surface area contributed by atoms with Gasteiger partial charge in [0.1, 0.15) is 5.69 Å². The number of halogens is 1. The van der Waals surface area contributed by atoms with E-state index in [1.807, 2.05) is 13.8 Å². The van der Waals surface area contributed by atoms with Crippen LogP contribution in [0, 0.1) is 0 Å². The molecule has 0 spiro atoms. The van der Waals surface area contributed by atoms with Crippen LogP contribution in [0.2, 0.25) is 5.02 Å². The summed E-state index contributed by atoms with van der Waals surface area (Å²) in [5, 5.41) is 13.2. The number of benzene rings is 1. The Hall–Kier alpha value is -2.21. The molecule has 22 heavy (non-hydrogen) atoms. The van der Waals surface area contributed by atoms with Crippen molar-refractivity contribution in [2.45, 2.75) is 19.8 Å². The maximum Gasteiger partial charge on any atom is 0.374 e. The molecule has 0 bridgehead atoms. The van der Waals surface area contributed by atoms with E-state index >= 15 is 0 Å². The average molecular weight is 326 g/mol. The van der Waals surface area contributed by atoms with Crippen LogP contribution in [0.1, 0.15) is 35.9 Å². The first-order valence-electron chi connectivity index (χ1n) is 6.55. The van der Waals surface area contributed by atoms with Crippen molar-refractivity contribution >= 4 is 17.6 Å². The van der Waals surface area contributed by atoms with Gasteiger partial charge >= 0.3 is 5.97 Å². The Morgan fingerprint density at radius 2 is 2.00 bits per heavy atom. The molecule has 2 rings (SSSR count). The Bertz CT molecular complexity index is 708. The van der Waals surface area contributed by atoms with Crippen LogP contribution in [0.4, 0.5) is 0 Å². The molecule has 2 aromatic rings. The summed E-state index contributed by atoms with van der Waals surface area (Å²) in [4.78, 5) is 11.0. The molecular formula is C15H16ClNO5. The normalized spacial score (nSPS) is 10.8. The summed E-state index contributed by atoms with van der Waals surface area (Å²) in [5.74, 6) is -0.479. The summed E-state index contributed by atoms with van der Waals surface area (Å²) in [6.07, 6.45) is 0. The summed E-state index contributed by atoms with van der Waals surface area (Å²) in [6, 6.07) is 3.10. The highest BCUT2D eigenvalue weighted by molar-refractivity contribution is 6.34. The molecule has 7 heteroatoms. The molecule has 0 fully saturated rings. The first-order chi connectivity index (χ1) is 10.4. The van der Waals surface area contributed by atoms with E-state index in [-0.39, 0.29) is 17.4 Å². The van der Waals surface area contributed by atoms with Gasteiger partial charge in [0.15, 0.2) is 11.5 Å². The van der Waals surface area contributed by atoms with Crippen molar-refractivity contribution in [3.8, 4) is 22.8 Å². The van der Waals surface area contributed by atoms with Crippen LogP contribution in [-0.2, 0) is 0 Å². The van der Waals surface area contributed by atoms with Crippen LogP contribution in [-0.4, -0.2) is 30.5 Å². The number of ether oxygens (including phenoxy) is 2. The molecule has 0 aliphatic heterocycles. The van der Waals surface area contributed by atoms with E-state index in [0.717, 1.165) is 5.56 Å². The number of carboxylic acids is 1. The van der Waals surface area contributed by atoms with Gasteiger partial charge in [0.25, 0.3) is 0 Å². The molecular weight excluding hydrogens is 310 g/mol. The number of hydrogen-bond donors (Lipinski definition) is 1. The average Bonchev–Trinajstić information content (AvgIpc) is 2.95. The molecule has 1 aromatic carbocycles. The summed E-state index contributed by atoms with van der Waals surface area (Å²) < 4.78 is 15.5. The van der Waals surface area contributed by atoms with E-state index in [2.05, 4.69) is 5.16 Å². The van der Waals surface area contributed by atoms with E-state index in [1.54, 1.807) is 6.07 Å². The molecule has 1 N–H and O–H groups in total. The molecule has 0 amide bonds. The third kappa shape index (κ3) is 2.74. The lowest BCUT2D eigenvalue weighted by Gasteiger charge is -2.18. The number of nitrogens with zero attached hydrogens (tertiary/aromatic N) is 1. The van der Waals surface area contributed by atoms with Gasteiger partial charge in [-0.25, -0.2) is 4.79 Å². The number of aromatic nitrogens is 1. The van der Waals surface area contributed by atoms with Gasteiger partial charge in [0.2, 0.25) is 5.76 Å². The van der Waals surface area contributed by atoms with Crippen molar-refractivity contribution in [1.29, 1.82) is 0 Å². The minimum atomic E-state index is -1.21. The quantitative estimate of drug-likeness (QED) is 0.899. The smallest absolute Gasteiger partial charge is 0.374 e. The second-order valence-electron chi connectivity index (χ2n) is 4.93. The standard InChI is InChI=1S/C15H16ClNO5/c1-7(2)8-5-10(20-3)14(21-4)12(13(8)16)9-6-11(15(18)19)22-17-9/h5-7H,1-4H3,(H,18,19). The van der Waals surface area contributed by atoms with Gasteiger partial charge in [-0.3, -0.25) is 0 Å². The van der Waals surface area contributed by atoms with Crippen LogP contribution >= 0.6 is 11.6 Å². The van der Waals surface area contributed by atoms with Crippen LogP contribution in [0.3, 0.4) is 0 Å². The molecule has 118 valence electrons. The molecule has 1 aromatic heterocycles. The van der Waals surface area contributed by atoms with Crippen molar-refractivity contribution in [3.63, 3.8) is 0 Å². The van der Waals surface area contributed by atoms with Gasteiger partial charge in [0, 0.05) is 6.07 Å². The summed E-state index contributed by atoms with van der Waals surface area (Å²) in [5.41, 5.74) is 1.57. The molecule has 6 nitrogen and oxygen atoms in total. The van der Waals surface area contributed by atoms with Gasteiger partial charge in [0.05, 0.1) is 24.8 Å². The van der Waals surface area contributed by atoms with Gasteiger partial charge in [-0.15, -0.1) is 0 Å². The summed E-state index contributed by atoms with van der Waals surface area (Å²) in [7, 11) is 3.00. The van der Waals surface area contributed by atoms with Crippen LogP contribution in [0.15, 0.2) is 16.7 Å². The van der Waals surface area contributed by atoms with E-state index in [9.17, 15) is 4.79 Å². The summed E-state index contributed by atoms with van der Waals surface area (Å²) >= 11 is 6.48. The second kappa shape index (κ2) is 6.27. The predicted molar refractivity (Wildman–Crippen MR) is 81.1 cm³/mol. The molecule has 1 heterocycles. The second-order valence-corrected chi connectivity index (χ2v) is 5.30. The Labute approximate surface area is 132 Å². The third-order valence-electron chi connectivity index (χ3n) is 3.23. The van der Waals surface area contributed by atoms with E-state index in [0.29, 0.717) is 22.1 Å². The Morgan fingerprint density at radius 3 is 2.45 bits per heavy atom. The molecule has 0 saturated carbocycles. The SMILES string of the molecule is COc1cc(C(C)C)c(Cl)c(-c2cc(C(=O)O)on2)c1OC. The number of aromatic carboxylic acids is 1. The topological polar surface area (TPSA) is 81.8 Å². The van der Waals surface area contributed by atoms with Crippen molar-refractivity contribution in [2.24, 2.45) is 0 Å². The molecule has 0 aliphatic carbocycles. The highest BCUT2D eigenvalue weighted by Gasteiger charge is 2.24. The highest BCUT2D eigenvalue weighted by Crippen LogP contribution is 2.46. The van der Waals surface area contributed by atoms with Crippen LogP contribution in [0.25, 0.3) is 11.3 Å². The zero-order chi connectivity index (χ0) is 16.4. The Kier molecular flexibility index (Phi) is 4.61. The molecule has 0 radical (unpaired) electrons. The summed E-state index contributed by atoms with van der Waals surface area (Å²) in [6.45, 7) is 3.98. The lowest BCUT2D eigenvalue weighted by Crippen LogP contribution is -1.99.